The lowest BCUT2D eigenvalue weighted by atomic mass is 10.1. The third kappa shape index (κ3) is 2.30. The van der Waals surface area contributed by atoms with Gasteiger partial charge in [-0.3, -0.25) is 0 Å². The summed E-state index contributed by atoms with van der Waals surface area (Å²) in [4.78, 5) is 16.1. The van der Waals surface area contributed by atoms with E-state index in [-0.39, 0.29) is 0 Å². The van der Waals surface area contributed by atoms with E-state index in [2.05, 4.69) is 16.5 Å². The Kier molecular flexibility index (Phi) is 3.70. The Morgan fingerprint density at radius 2 is 2.40 bits per heavy atom. The number of fused-ring (bicyclic) bond motifs is 1. The van der Waals surface area contributed by atoms with Crippen molar-refractivity contribution >= 4 is 28.8 Å². The van der Waals surface area contributed by atoms with Crippen LogP contribution in [0.1, 0.15) is 29.5 Å². The summed E-state index contributed by atoms with van der Waals surface area (Å²) in [6.45, 7) is 2.96. The predicted octanol–water partition coefficient (Wildman–Crippen LogP) is 3.05. The van der Waals surface area contributed by atoms with E-state index in [1.54, 1.807) is 12.1 Å². The van der Waals surface area contributed by atoms with E-state index in [4.69, 9.17) is 0 Å². The minimum absolute atomic E-state index is 0.361. The molecule has 0 spiro atoms. The van der Waals surface area contributed by atoms with Crippen LogP contribution >= 0.6 is 11.8 Å². The van der Waals surface area contributed by atoms with Gasteiger partial charge >= 0.3 is 5.97 Å². The van der Waals surface area contributed by atoms with Crippen LogP contribution in [0.2, 0.25) is 0 Å². The van der Waals surface area contributed by atoms with Gasteiger partial charge in [-0.25, -0.2) is 9.78 Å². The first-order valence-electron chi connectivity index (χ1n) is 7.00. The lowest BCUT2D eigenvalue weighted by molar-refractivity contribution is 0.0698. The molecule has 4 nitrogen and oxygen atoms in total. The number of thioether (sulfide) groups is 1. The molecule has 5 heteroatoms. The maximum atomic E-state index is 11.5. The highest BCUT2D eigenvalue weighted by Gasteiger charge is 2.21. The van der Waals surface area contributed by atoms with Crippen molar-refractivity contribution in [2.24, 2.45) is 5.92 Å². The summed E-state index contributed by atoms with van der Waals surface area (Å²) in [5, 5.41) is 9.40. The molecule has 0 amide bonds. The minimum atomic E-state index is -0.875. The van der Waals surface area contributed by atoms with Gasteiger partial charge in [-0.15, -0.1) is 0 Å². The van der Waals surface area contributed by atoms with Crippen LogP contribution in [0.15, 0.2) is 18.2 Å². The summed E-state index contributed by atoms with van der Waals surface area (Å²) < 4.78 is 2.13. The second kappa shape index (κ2) is 5.48. The molecule has 0 bridgehead atoms. The van der Waals surface area contributed by atoms with Crippen molar-refractivity contribution in [1.29, 1.82) is 0 Å². The fourth-order valence-electron chi connectivity index (χ4n) is 2.86. The first-order chi connectivity index (χ1) is 9.70. The van der Waals surface area contributed by atoms with Gasteiger partial charge in [0.05, 0.1) is 16.6 Å². The molecule has 1 fully saturated rings. The Morgan fingerprint density at radius 3 is 3.05 bits per heavy atom. The standard InChI is InChI=1S/C15H18N2O2S/c1-2-13-16-12-5-3-4-11(15(18)19)14(12)17(13)8-10-6-7-20-9-10/h3-5,10H,2,6-9H2,1H3,(H,18,19). The van der Waals surface area contributed by atoms with Gasteiger partial charge in [-0.1, -0.05) is 13.0 Å². The van der Waals surface area contributed by atoms with Crippen LogP contribution < -0.4 is 0 Å². The van der Waals surface area contributed by atoms with E-state index in [9.17, 15) is 9.90 Å². The van der Waals surface area contributed by atoms with Crippen LogP contribution in [-0.2, 0) is 13.0 Å². The van der Waals surface area contributed by atoms with Crippen molar-refractivity contribution in [3.05, 3.63) is 29.6 Å². The van der Waals surface area contributed by atoms with E-state index in [1.165, 1.54) is 12.2 Å². The average molecular weight is 290 g/mol. The molecule has 1 N–H and O–H groups in total. The van der Waals surface area contributed by atoms with Crippen molar-refractivity contribution in [2.75, 3.05) is 11.5 Å². The van der Waals surface area contributed by atoms with Crippen molar-refractivity contribution in [3.8, 4) is 0 Å². The number of benzene rings is 1. The second-order valence-corrected chi connectivity index (χ2v) is 6.35. The minimum Gasteiger partial charge on any atom is -0.478 e. The summed E-state index contributed by atoms with van der Waals surface area (Å²) in [5.74, 6) is 3.12. The topological polar surface area (TPSA) is 55.1 Å². The van der Waals surface area contributed by atoms with Crippen molar-refractivity contribution in [3.63, 3.8) is 0 Å². The number of hydrogen-bond donors (Lipinski definition) is 1. The zero-order chi connectivity index (χ0) is 14.1. The van der Waals surface area contributed by atoms with Gasteiger partial charge in [-0.2, -0.15) is 11.8 Å². The van der Waals surface area contributed by atoms with Gasteiger partial charge in [0, 0.05) is 13.0 Å². The maximum Gasteiger partial charge on any atom is 0.337 e. The number of carboxylic acids is 1. The van der Waals surface area contributed by atoms with Crippen LogP contribution in [0, 0.1) is 5.92 Å². The first-order valence-corrected chi connectivity index (χ1v) is 8.15. The molecule has 2 aromatic rings. The first kappa shape index (κ1) is 13.5. The molecule has 1 atom stereocenters. The zero-order valence-corrected chi connectivity index (χ0v) is 12.3. The number of rotatable bonds is 4. The van der Waals surface area contributed by atoms with Gasteiger partial charge < -0.3 is 9.67 Å². The van der Waals surface area contributed by atoms with E-state index in [0.717, 1.165) is 35.6 Å². The van der Waals surface area contributed by atoms with Crippen molar-refractivity contribution < 1.29 is 9.90 Å². The number of nitrogens with zero attached hydrogens (tertiary/aromatic N) is 2. The molecule has 3 rings (SSSR count). The van der Waals surface area contributed by atoms with Crippen LogP contribution in [-0.4, -0.2) is 32.1 Å². The Bertz CT molecular complexity index is 645. The molecule has 1 aromatic heterocycles. The van der Waals surface area contributed by atoms with E-state index >= 15 is 0 Å². The molecule has 20 heavy (non-hydrogen) atoms. The molecule has 1 unspecified atom stereocenters. The highest BCUT2D eigenvalue weighted by molar-refractivity contribution is 7.99. The maximum absolute atomic E-state index is 11.5. The fourth-order valence-corrected chi connectivity index (χ4v) is 4.13. The Labute approximate surface area is 122 Å². The van der Waals surface area contributed by atoms with Crippen LogP contribution in [0.5, 0.6) is 0 Å². The number of carboxylic acid groups (broad SMARTS) is 1. The van der Waals surface area contributed by atoms with Crippen LogP contribution in [0.3, 0.4) is 0 Å². The molecule has 2 heterocycles. The van der Waals surface area contributed by atoms with E-state index in [0.29, 0.717) is 11.5 Å². The fraction of sp³-hybridized carbons (Fsp3) is 0.467. The Balaban J connectivity index is 2.13. The molecule has 0 saturated carbocycles. The van der Waals surface area contributed by atoms with Crippen molar-refractivity contribution in [1.82, 2.24) is 9.55 Å². The number of hydrogen-bond acceptors (Lipinski definition) is 3. The van der Waals surface area contributed by atoms with Gasteiger partial charge in [-0.05, 0) is 36.0 Å². The van der Waals surface area contributed by atoms with Gasteiger partial charge in [0.15, 0.2) is 0 Å². The van der Waals surface area contributed by atoms with Crippen LogP contribution in [0.4, 0.5) is 0 Å². The lowest BCUT2D eigenvalue weighted by Crippen LogP contribution is -2.14. The summed E-state index contributed by atoms with van der Waals surface area (Å²) in [6, 6.07) is 5.35. The monoisotopic (exact) mass is 290 g/mol. The molecule has 0 radical (unpaired) electrons. The summed E-state index contributed by atoms with van der Waals surface area (Å²) in [5.41, 5.74) is 1.95. The Hall–Kier alpha value is -1.49. The quantitative estimate of drug-likeness (QED) is 0.940. The van der Waals surface area contributed by atoms with Gasteiger partial charge in [0.25, 0.3) is 0 Å². The molecule has 106 valence electrons. The second-order valence-electron chi connectivity index (χ2n) is 5.20. The third-order valence-corrected chi connectivity index (χ3v) is 5.09. The lowest BCUT2D eigenvalue weighted by Gasteiger charge is -2.14. The molecule has 0 aliphatic carbocycles. The van der Waals surface area contributed by atoms with Crippen LogP contribution in [0.25, 0.3) is 11.0 Å². The smallest absolute Gasteiger partial charge is 0.337 e. The SMILES string of the molecule is CCc1nc2cccc(C(=O)O)c2n1CC1CCSC1. The number of aromatic nitrogens is 2. The zero-order valence-electron chi connectivity index (χ0n) is 11.5. The summed E-state index contributed by atoms with van der Waals surface area (Å²) in [7, 11) is 0. The normalized spacial score (nSPS) is 18.8. The average Bonchev–Trinajstić information content (AvgIpc) is 3.06. The molecule has 1 aliphatic heterocycles. The Morgan fingerprint density at radius 1 is 1.55 bits per heavy atom. The highest BCUT2D eigenvalue weighted by atomic mass is 32.2. The van der Waals surface area contributed by atoms with Crippen molar-refractivity contribution in [2.45, 2.75) is 26.3 Å². The summed E-state index contributed by atoms with van der Waals surface area (Å²) in [6.07, 6.45) is 2.04. The molecular weight excluding hydrogens is 272 g/mol. The molecular formula is C15H18N2O2S. The largest absolute Gasteiger partial charge is 0.478 e. The molecule has 1 saturated heterocycles. The van der Waals surface area contributed by atoms with E-state index < -0.39 is 5.97 Å². The number of aromatic carboxylic acids is 1. The third-order valence-electron chi connectivity index (χ3n) is 3.86. The van der Waals surface area contributed by atoms with Gasteiger partial charge in [0.2, 0.25) is 0 Å². The number of aryl methyl sites for hydroxylation is 1. The highest BCUT2D eigenvalue weighted by Crippen LogP contribution is 2.28. The molecule has 1 aliphatic rings. The summed E-state index contributed by atoms with van der Waals surface area (Å²) >= 11 is 1.98. The predicted molar refractivity (Wildman–Crippen MR) is 81.5 cm³/mol. The van der Waals surface area contributed by atoms with Gasteiger partial charge in [0.1, 0.15) is 5.82 Å². The number of carbonyl (C=O) groups is 1. The van der Waals surface area contributed by atoms with E-state index in [1.807, 2.05) is 17.8 Å². The number of para-hydroxylation sites is 1. The number of imidazole rings is 1. The molecule has 1 aromatic carbocycles.